The molecule has 2 nitrogen and oxygen atoms in total. The molecule has 0 unspecified atom stereocenters. The van der Waals surface area contributed by atoms with Crippen molar-refractivity contribution in [3.05, 3.63) is 35.5 Å². The van der Waals surface area contributed by atoms with Gasteiger partial charge in [0.15, 0.2) is 0 Å². The van der Waals surface area contributed by atoms with Gasteiger partial charge in [0.2, 0.25) is 0 Å². The molecular weight excluding hydrogens is 252 g/mol. The third-order valence-corrected chi connectivity index (χ3v) is 3.14. The summed E-state index contributed by atoms with van der Waals surface area (Å²) >= 11 is 1.67. The van der Waals surface area contributed by atoms with Crippen LogP contribution in [0, 0.1) is 6.92 Å². The van der Waals surface area contributed by atoms with E-state index in [-0.39, 0.29) is 5.54 Å². The van der Waals surface area contributed by atoms with Gasteiger partial charge in [0.1, 0.15) is 0 Å². The summed E-state index contributed by atoms with van der Waals surface area (Å²) in [5.41, 5.74) is 5.62. The fraction of sp³-hybridized carbons (Fsp3) is 0.438. The first-order valence-electron chi connectivity index (χ1n) is 6.73. The lowest BCUT2D eigenvalue weighted by Gasteiger charge is -2.22. The minimum Gasteiger partial charge on any atom is -0.380 e. The van der Waals surface area contributed by atoms with E-state index >= 15 is 0 Å². The summed E-state index contributed by atoms with van der Waals surface area (Å²) in [5, 5.41) is 3.51. The Morgan fingerprint density at radius 3 is 2.32 bits per heavy atom. The summed E-state index contributed by atoms with van der Waals surface area (Å²) in [6, 6.07) is 6.56. The average Bonchev–Trinajstić information content (AvgIpc) is 2.81. The van der Waals surface area contributed by atoms with Gasteiger partial charge in [-0.1, -0.05) is 19.9 Å². The number of benzene rings is 1. The Hall–Kier alpha value is -1.35. The Bertz CT molecular complexity index is 496. The molecule has 0 aliphatic rings. The van der Waals surface area contributed by atoms with Crippen LogP contribution in [0.4, 0.5) is 5.69 Å². The molecule has 0 bridgehead atoms. The van der Waals surface area contributed by atoms with Crippen molar-refractivity contribution >= 4 is 17.0 Å². The van der Waals surface area contributed by atoms with Crippen LogP contribution in [0.5, 0.6) is 0 Å². The molecule has 3 heteroatoms. The van der Waals surface area contributed by atoms with E-state index in [1.807, 2.05) is 25.6 Å². The number of nitrogens with one attached hydrogen (secondary N) is 1. The molecule has 1 N–H and O–H groups in total. The third-order valence-electron chi connectivity index (χ3n) is 2.31. The normalized spacial score (nSPS) is 10.6. The van der Waals surface area contributed by atoms with E-state index in [4.69, 9.17) is 0 Å². The van der Waals surface area contributed by atoms with Crippen LogP contribution in [-0.2, 0) is 0 Å². The van der Waals surface area contributed by atoms with Gasteiger partial charge in [-0.15, -0.1) is 11.3 Å². The van der Waals surface area contributed by atoms with Crippen LogP contribution < -0.4 is 5.32 Å². The molecule has 2 aromatic rings. The van der Waals surface area contributed by atoms with Crippen molar-refractivity contribution in [3.63, 3.8) is 0 Å². The zero-order chi connectivity index (χ0) is 14.5. The second-order valence-electron chi connectivity index (χ2n) is 5.33. The van der Waals surface area contributed by atoms with Crippen molar-refractivity contribution in [1.82, 2.24) is 4.98 Å². The van der Waals surface area contributed by atoms with Gasteiger partial charge >= 0.3 is 0 Å². The highest BCUT2D eigenvalue weighted by Crippen LogP contribution is 2.28. The molecule has 0 atom stereocenters. The molecule has 0 spiro atoms. The molecule has 1 heterocycles. The zero-order valence-electron chi connectivity index (χ0n) is 12.7. The number of nitrogens with zero attached hydrogens (tertiary/aromatic N) is 1. The molecule has 0 saturated carbocycles. The first-order chi connectivity index (χ1) is 8.94. The first kappa shape index (κ1) is 15.7. The van der Waals surface area contributed by atoms with Gasteiger partial charge in [-0.3, -0.25) is 4.98 Å². The SMILES string of the molecule is CC.Cc1cc(NC(C)(C)C)cc(-c2cncs2)c1. The number of hydrogen-bond donors (Lipinski definition) is 1. The van der Waals surface area contributed by atoms with Crippen LogP contribution in [0.25, 0.3) is 10.4 Å². The van der Waals surface area contributed by atoms with Gasteiger partial charge in [-0.25, -0.2) is 0 Å². The molecule has 0 fully saturated rings. The van der Waals surface area contributed by atoms with Gasteiger partial charge in [0, 0.05) is 17.4 Å². The number of anilines is 1. The molecule has 1 aromatic carbocycles. The maximum atomic E-state index is 4.13. The van der Waals surface area contributed by atoms with E-state index in [2.05, 4.69) is 56.2 Å². The van der Waals surface area contributed by atoms with E-state index in [0.29, 0.717) is 0 Å². The Labute approximate surface area is 120 Å². The monoisotopic (exact) mass is 276 g/mol. The lowest BCUT2D eigenvalue weighted by atomic mass is 10.1. The molecule has 104 valence electrons. The predicted molar refractivity (Wildman–Crippen MR) is 87.0 cm³/mol. The second-order valence-corrected chi connectivity index (χ2v) is 6.21. The maximum absolute atomic E-state index is 4.13. The zero-order valence-corrected chi connectivity index (χ0v) is 13.6. The summed E-state index contributed by atoms with van der Waals surface area (Å²) in [6.07, 6.45) is 1.92. The predicted octanol–water partition coefficient (Wildman–Crippen LogP) is 5.36. The Morgan fingerprint density at radius 1 is 1.11 bits per heavy atom. The largest absolute Gasteiger partial charge is 0.380 e. The van der Waals surface area contributed by atoms with Crippen LogP contribution in [-0.4, -0.2) is 10.5 Å². The molecule has 0 aliphatic heterocycles. The highest BCUT2D eigenvalue weighted by atomic mass is 32.1. The minimum absolute atomic E-state index is 0.0821. The van der Waals surface area contributed by atoms with Crippen LogP contribution >= 0.6 is 11.3 Å². The van der Waals surface area contributed by atoms with Gasteiger partial charge in [-0.2, -0.15) is 0 Å². The third kappa shape index (κ3) is 5.03. The summed E-state index contributed by atoms with van der Waals surface area (Å²) in [6.45, 7) is 12.6. The van der Waals surface area contributed by atoms with Crippen LogP contribution in [0.2, 0.25) is 0 Å². The molecule has 2 rings (SSSR count). The molecule has 0 radical (unpaired) electrons. The standard InChI is InChI=1S/C14H18N2S.C2H6/c1-10-5-11(13-8-15-9-17-13)7-12(6-10)16-14(2,3)4;1-2/h5-9,16H,1-4H3;1-2H3. The Kier molecular flexibility index (Phi) is 5.55. The molecular formula is C16H24N2S. The van der Waals surface area contributed by atoms with E-state index in [1.165, 1.54) is 21.7 Å². The first-order valence-corrected chi connectivity index (χ1v) is 7.61. The Morgan fingerprint density at radius 2 is 1.79 bits per heavy atom. The Balaban J connectivity index is 0.000000861. The van der Waals surface area contributed by atoms with Crippen molar-refractivity contribution in [2.24, 2.45) is 0 Å². The van der Waals surface area contributed by atoms with E-state index in [1.54, 1.807) is 11.3 Å². The summed E-state index contributed by atoms with van der Waals surface area (Å²) in [4.78, 5) is 5.34. The second kappa shape index (κ2) is 6.71. The van der Waals surface area contributed by atoms with Crippen molar-refractivity contribution in [3.8, 4) is 10.4 Å². The van der Waals surface area contributed by atoms with Crippen molar-refractivity contribution in [1.29, 1.82) is 0 Å². The van der Waals surface area contributed by atoms with Gasteiger partial charge < -0.3 is 5.32 Å². The number of aryl methyl sites for hydroxylation is 1. The molecule has 0 amide bonds. The number of aromatic nitrogens is 1. The average molecular weight is 276 g/mol. The molecule has 0 saturated heterocycles. The van der Waals surface area contributed by atoms with E-state index < -0.39 is 0 Å². The highest BCUT2D eigenvalue weighted by Gasteiger charge is 2.10. The molecule has 19 heavy (non-hydrogen) atoms. The number of thiazole rings is 1. The fourth-order valence-electron chi connectivity index (χ4n) is 1.79. The maximum Gasteiger partial charge on any atom is 0.0797 e. The summed E-state index contributed by atoms with van der Waals surface area (Å²) in [7, 11) is 0. The highest BCUT2D eigenvalue weighted by molar-refractivity contribution is 7.13. The van der Waals surface area contributed by atoms with Gasteiger partial charge in [0.05, 0.1) is 10.4 Å². The molecule has 0 aliphatic carbocycles. The summed E-state index contributed by atoms with van der Waals surface area (Å²) < 4.78 is 0. The summed E-state index contributed by atoms with van der Waals surface area (Å²) in [5.74, 6) is 0. The minimum atomic E-state index is 0.0821. The quantitative estimate of drug-likeness (QED) is 0.799. The lowest BCUT2D eigenvalue weighted by molar-refractivity contribution is 0.634. The number of hydrogen-bond acceptors (Lipinski definition) is 3. The lowest BCUT2D eigenvalue weighted by Crippen LogP contribution is -2.26. The fourth-order valence-corrected chi connectivity index (χ4v) is 2.40. The van der Waals surface area contributed by atoms with Crippen LogP contribution in [0.3, 0.4) is 0 Å². The van der Waals surface area contributed by atoms with Crippen molar-refractivity contribution in [2.75, 3.05) is 5.32 Å². The molecule has 1 aromatic heterocycles. The van der Waals surface area contributed by atoms with E-state index in [9.17, 15) is 0 Å². The topological polar surface area (TPSA) is 24.9 Å². The smallest absolute Gasteiger partial charge is 0.0797 e. The number of rotatable bonds is 2. The van der Waals surface area contributed by atoms with Crippen LogP contribution in [0.1, 0.15) is 40.2 Å². The van der Waals surface area contributed by atoms with Crippen LogP contribution in [0.15, 0.2) is 29.9 Å². The van der Waals surface area contributed by atoms with E-state index in [0.717, 1.165) is 0 Å². The van der Waals surface area contributed by atoms with Gasteiger partial charge in [-0.05, 0) is 51.0 Å². The van der Waals surface area contributed by atoms with Crippen molar-refractivity contribution < 1.29 is 0 Å². The van der Waals surface area contributed by atoms with Crippen molar-refractivity contribution in [2.45, 2.75) is 47.1 Å². The van der Waals surface area contributed by atoms with Gasteiger partial charge in [0.25, 0.3) is 0 Å².